The number of nitrogens with two attached hydrogens (primary N) is 1. The zero-order valence-corrected chi connectivity index (χ0v) is 13.7. The second-order valence-corrected chi connectivity index (χ2v) is 5.57. The average molecular weight is 331 g/mol. The lowest BCUT2D eigenvalue weighted by Crippen LogP contribution is -2.32. The maximum absolute atomic E-state index is 11.9. The smallest absolute Gasteiger partial charge is 0.312 e. The number of carbonyl (C=O) groups excluding carboxylic acids is 1. The predicted octanol–water partition coefficient (Wildman–Crippen LogP) is 1.61. The summed E-state index contributed by atoms with van der Waals surface area (Å²) in [6.45, 7) is 3.83. The average Bonchev–Trinajstić information content (AvgIpc) is 2.85. The topological polar surface area (TPSA) is 116 Å². The fraction of sp³-hybridized carbons (Fsp3) is 0.375. The normalized spacial score (nSPS) is 12.0. The maximum Gasteiger partial charge on any atom is 0.312 e. The molecule has 3 N–H and O–H groups in total. The summed E-state index contributed by atoms with van der Waals surface area (Å²) >= 11 is 0. The Morgan fingerprint density at radius 2 is 2.04 bits per heavy atom. The minimum absolute atomic E-state index is 0.00140. The van der Waals surface area contributed by atoms with Gasteiger partial charge in [0.2, 0.25) is 5.91 Å². The van der Waals surface area contributed by atoms with E-state index >= 15 is 0 Å². The molecule has 0 spiro atoms. The Kier molecular flexibility index (Phi) is 5.64. The second-order valence-electron chi connectivity index (χ2n) is 5.57. The van der Waals surface area contributed by atoms with Gasteiger partial charge >= 0.3 is 5.69 Å². The first-order valence-electron chi connectivity index (χ1n) is 7.65. The summed E-state index contributed by atoms with van der Waals surface area (Å²) in [5.41, 5.74) is 7.78. The molecule has 1 amide bonds. The number of benzene rings is 1. The summed E-state index contributed by atoms with van der Waals surface area (Å²) in [4.78, 5) is 22.5. The van der Waals surface area contributed by atoms with E-state index in [1.165, 1.54) is 4.68 Å². The molecule has 0 radical (unpaired) electrons. The monoisotopic (exact) mass is 331 g/mol. The van der Waals surface area contributed by atoms with Crippen LogP contribution in [0.1, 0.15) is 29.4 Å². The van der Waals surface area contributed by atoms with Crippen LogP contribution in [0.3, 0.4) is 0 Å². The molecule has 0 aliphatic rings. The van der Waals surface area contributed by atoms with Crippen LogP contribution in [0.2, 0.25) is 0 Å². The van der Waals surface area contributed by atoms with E-state index in [4.69, 9.17) is 5.73 Å². The first-order chi connectivity index (χ1) is 11.4. The number of nitro groups is 1. The van der Waals surface area contributed by atoms with Crippen molar-refractivity contribution in [3.05, 3.63) is 57.4 Å². The molecule has 0 saturated carbocycles. The standard InChI is InChI=1S/C16H21N5O3/c1-11-16(21(23)24)12(2)20(19-11)9-8-15(22)18-10-14(17)13-6-4-3-5-7-13/h3-7,14H,8-10,17H2,1-2H3,(H,18,22). The molecule has 0 aliphatic heterocycles. The number of aryl methyl sites for hydroxylation is 2. The third-order valence-corrected chi connectivity index (χ3v) is 3.82. The highest BCUT2D eigenvalue weighted by Gasteiger charge is 2.21. The lowest BCUT2D eigenvalue weighted by molar-refractivity contribution is -0.386. The van der Waals surface area contributed by atoms with E-state index < -0.39 is 4.92 Å². The van der Waals surface area contributed by atoms with E-state index in [1.54, 1.807) is 13.8 Å². The fourth-order valence-electron chi connectivity index (χ4n) is 2.51. The van der Waals surface area contributed by atoms with E-state index in [0.717, 1.165) is 5.56 Å². The van der Waals surface area contributed by atoms with E-state index in [9.17, 15) is 14.9 Å². The first kappa shape index (κ1) is 17.6. The van der Waals surface area contributed by atoms with Crippen LogP contribution in [0.5, 0.6) is 0 Å². The number of nitrogens with one attached hydrogen (secondary N) is 1. The highest BCUT2D eigenvalue weighted by molar-refractivity contribution is 5.75. The van der Waals surface area contributed by atoms with Crippen LogP contribution < -0.4 is 11.1 Å². The minimum Gasteiger partial charge on any atom is -0.354 e. The van der Waals surface area contributed by atoms with Gasteiger partial charge in [-0.1, -0.05) is 30.3 Å². The van der Waals surface area contributed by atoms with Gasteiger partial charge in [0.05, 0.1) is 11.5 Å². The molecule has 1 heterocycles. The SMILES string of the molecule is Cc1nn(CCC(=O)NCC(N)c2ccccc2)c(C)c1[N+](=O)[O-]. The Morgan fingerprint density at radius 3 is 2.62 bits per heavy atom. The van der Waals surface area contributed by atoms with Gasteiger partial charge in [-0.3, -0.25) is 19.6 Å². The molecule has 0 saturated heterocycles. The third kappa shape index (κ3) is 4.17. The third-order valence-electron chi connectivity index (χ3n) is 3.82. The maximum atomic E-state index is 11.9. The summed E-state index contributed by atoms with van der Waals surface area (Å²) < 4.78 is 1.49. The van der Waals surface area contributed by atoms with Crippen molar-refractivity contribution in [2.24, 2.45) is 5.73 Å². The summed E-state index contributed by atoms with van der Waals surface area (Å²) in [6.07, 6.45) is 0.181. The van der Waals surface area contributed by atoms with E-state index in [-0.39, 0.29) is 30.6 Å². The molecule has 0 bridgehead atoms. The Balaban J connectivity index is 1.86. The van der Waals surface area contributed by atoms with Gasteiger partial charge in [-0.2, -0.15) is 5.10 Å². The molecule has 8 heteroatoms. The number of amides is 1. The molecule has 1 unspecified atom stereocenters. The molecular formula is C16H21N5O3. The number of rotatable bonds is 7. The van der Waals surface area contributed by atoms with Crippen LogP contribution in [0.15, 0.2) is 30.3 Å². The van der Waals surface area contributed by atoms with Gasteiger partial charge in [0.15, 0.2) is 0 Å². The molecule has 24 heavy (non-hydrogen) atoms. The molecule has 0 aliphatic carbocycles. The molecule has 2 rings (SSSR count). The fourth-order valence-corrected chi connectivity index (χ4v) is 2.51. The zero-order valence-electron chi connectivity index (χ0n) is 13.7. The van der Waals surface area contributed by atoms with Gasteiger partial charge in [-0.05, 0) is 19.4 Å². The summed E-state index contributed by atoms with van der Waals surface area (Å²) in [7, 11) is 0. The van der Waals surface area contributed by atoms with Crippen molar-refractivity contribution in [2.45, 2.75) is 32.9 Å². The minimum atomic E-state index is -0.451. The highest BCUT2D eigenvalue weighted by Crippen LogP contribution is 2.21. The molecule has 0 fully saturated rings. The van der Waals surface area contributed by atoms with Crippen LogP contribution in [0.25, 0.3) is 0 Å². The van der Waals surface area contributed by atoms with Crippen molar-refractivity contribution in [3.8, 4) is 0 Å². The number of nitrogens with zero attached hydrogens (tertiary/aromatic N) is 3. The summed E-state index contributed by atoms with van der Waals surface area (Å²) in [5, 5.41) is 17.9. The number of hydrogen-bond donors (Lipinski definition) is 2. The quantitative estimate of drug-likeness (QED) is 0.590. The van der Waals surface area contributed by atoms with Crippen LogP contribution in [-0.2, 0) is 11.3 Å². The van der Waals surface area contributed by atoms with Crippen molar-refractivity contribution in [3.63, 3.8) is 0 Å². The Morgan fingerprint density at radius 1 is 1.38 bits per heavy atom. The predicted molar refractivity (Wildman–Crippen MR) is 89.4 cm³/mol. The van der Waals surface area contributed by atoms with Gasteiger partial charge in [0.25, 0.3) is 0 Å². The van der Waals surface area contributed by atoms with E-state index in [2.05, 4.69) is 10.4 Å². The Hall–Kier alpha value is -2.74. The van der Waals surface area contributed by atoms with Crippen molar-refractivity contribution >= 4 is 11.6 Å². The van der Waals surface area contributed by atoms with Crippen molar-refractivity contribution in [2.75, 3.05) is 6.54 Å². The second kappa shape index (κ2) is 7.69. The lowest BCUT2D eigenvalue weighted by atomic mass is 10.1. The van der Waals surface area contributed by atoms with Crippen LogP contribution >= 0.6 is 0 Å². The molecule has 1 aromatic heterocycles. The van der Waals surface area contributed by atoms with Gasteiger partial charge in [0.1, 0.15) is 11.4 Å². The zero-order chi connectivity index (χ0) is 17.7. The van der Waals surface area contributed by atoms with Gasteiger partial charge < -0.3 is 11.1 Å². The Labute approximate surface area is 139 Å². The van der Waals surface area contributed by atoms with E-state index in [1.807, 2.05) is 30.3 Å². The molecule has 1 aromatic carbocycles. The van der Waals surface area contributed by atoms with E-state index in [0.29, 0.717) is 17.9 Å². The van der Waals surface area contributed by atoms with Crippen LogP contribution in [-0.4, -0.2) is 27.2 Å². The number of carbonyl (C=O) groups is 1. The molecule has 8 nitrogen and oxygen atoms in total. The molecule has 1 atom stereocenters. The summed E-state index contributed by atoms with van der Waals surface area (Å²) in [5.74, 6) is -0.170. The van der Waals surface area contributed by atoms with Crippen molar-refractivity contribution < 1.29 is 9.72 Å². The molecule has 128 valence electrons. The first-order valence-corrected chi connectivity index (χ1v) is 7.65. The molecule has 2 aromatic rings. The van der Waals surface area contributed by atoms with Gasteiger partial charge in [-0.25, -0.2) is 0 Å². The Bertz CT molecular complexity index is 727. The van der Waals surface area contributed by atoms with Crippen LogP contribution in [0, 0.1) is 24.0 Å². The van der Waals surface area contributed by atoms with Crippen molar-refractivity contribution in [1.29, 1.82) is 0 Å². The number of hydrogen-bond acceptors (Lipinski definition) is 5. The van der Waals surface area contributed by atoms with Gasteiger partial charge in [0, 0.05) is 19.0 Å². The largest absolute Gasteiger partial charge is 0.354 e. The van der Waals surface area contributed by atoms with Crippen molar-refractivity contribution in [1.82, 2.24) is 15.1 Å². The highest BCUT2D eigenvalue weighted by atomic mass is 16.6. The number of aromatic nitrogens is 2. The van der Waals surface area contributed by atoms with Crippen LogP contribution in [0.4, 0.5) is 5.69 Å². The molecular weight excluding hydrogens is 310 g/mol. The van der Waals surface area contributed by atoms with Gasteiger partial charge in [-0.15, -0.1) is 0 Å². The summed E-state index contributed by atoms with van der Waals surface area (Å²) in [6, 6.07) is 9.24. The lowest BCUT2D eigenvalue weighted by Gasteiger charge is -2.13.